The second-order valence-electron chi connectivity index (χ2n) is 7.51. The first-order chi connectivity index (χ1) is 13.9. The van der Waals surface area contributed by atoms with Crippen LogP contribution in [0.25, 0.3) is 0 Å². The predicted octanol–water partition coefficient (Wildman–Crippen LogP) is 2.03. The highest BCUT2D eigenvalue weighted by atomic mass is 16.5. The maximum absolute atomic E-state index is 12.6. The van der Waals surface area contributed by atoms with Crippen LogP contribution in [-0.4, -0.2) is 46.9 Å². The second-order valence-corrected chi connectivity index (χ2v) is 7.51. The van der Waals surface area contributed by atoms with E-state index in [2.05, 4.69) is 4.57 Å². The molecule has 1 aromatic heterocycles. The van der Waals surface area contributed by atoms with Crippen LogP contribution in [0.3, 0.4) is 0 Å². The summed E-state index contributed by atoms with van der Waals surface area (Å²) in [4.78, 5) is 37.9. The third-order valence-corrected chi connectivity index (χ3v) is 5.48. The smallest absolute Gasteiger partial charge is 0.340 e. The van der Waals surface area contributed by atoms with Gasteiger partial charge in [0.2, 0.25) is 5.91 Å². The van der Waals surface area contributed by atoms with Crippen molar-refractivity contribution in [1.29, 1.82) is 0 Å². The number of aryl methyl sites for hydroxylation is 1. The van der Waals surface area contributed by atoms with Crippen molar-refractivity contribution in [3.63, 3.8) is 0 Å². The van der Waals surface area contributed by atoms with E-state index >= 15 is 0 Å². The number of carbonyl (C=O) groups excluding carboxylic acids is 3. The molecule has 1 saturated heterocycles. The lowest BCUT2D eigenvalue weighted by molar-refractivity contribution is -0.137. The molecule has 2 amide bonds. The number of aromatic nitrogens is 1. The molecule has 3 rings (SSSR count). The number of hydrogen-bond acceptors (Lipinski definition) is 4. The average Bonchev–Trinajstić information content (AvgIpc) is 3.01. The molecule has 2 heterocycles. The molecule has 0 radical (unpaired) electrons. The Morgan fingerprint density at radius 1 is 1.17 bits per heavy atom. The van der Waals surface area contributed by atoms with Crippen molar-refractivity contribution < 1.29 is 19.1 Å². The molecule has 1 aromatic carbocycles. The minimum atomic E-state index is -0.519. The van der Waals surface area contributed by atoms with Crippen molar-refractivity contribution >= 4 is 17.8 Å². The minimum Gasteiger partial charge on any atom is -0.452 e. The van der Waals surface area contributed by atoms with Gasteiger partial charge in [-0.3, -0.25) is 9.59 Å². The molecule has 0 saturated carbocycles. The number of benzene rings is 1. The zero-order valence-corrected chi connectivity index (χ0v) is 16.9. The summed E-state index contributed by atoms with van der Waals surface area (Å²) in [7, 11) is 0. The highest BCUT2D eigenvalue weighted by molar-refractivity contribution is 5.93. The molecule has 0 aliphatic carbocycles. The standard InChI is InChI=1S/C22H27N3O4/c1-15-11-19(16(2)25(15)12-17-7-4-3-5-8-17)22(28)29-14-20(26)24-10-6-9-18(13-24)21(23)27/h3-5,7-8,11,18H,6,9-10,12-14H2,1-2H3,(H2,23,27)/t18-/m1/s1. The lowest BCUT2D eigenvalue weighted by Crippen LogP contribution is -2.45. The molecular weight excluding hydrogens is 370 g/mol. The first-order valence-corrected chi connectivity index (χ1v) is 9.81. The molecule has 0 unspecified atom stereocenters. The molecule has 2 aromatic rings. The number of rotatable bonds is 6. The first kappa shape index (κ1) is 20.6. The Bertz CT molecular complexity index is 904. The van der Waals surface area contributed by atoms with Crippen LogP contribution in [0, 0.1) is 19.8 Å². The van der Waals surface area contributed by atoms with Crippen LogP contribution in [0.15, 0.2) is 36.4 Å². The number of piperidine rings is 1. The normalized spacial score (nSPS) is 16.5. The molecule has 1 aliphatic heterocycles. The number of amides is 2. The first-order valence-electron chi connectivity index (χ1n) is 9.81. The van der Waals surface area contributed by atoms with Crippen molar-refractivity contribution in [3.05, 3.63) is 58.9 Å². The highest BCUT2D eigenvalue weighted by Crippen LogP contribution is 2.19. The fourth-order valence-electron chi connectivity index (χ4n) is 3.75. The summed E-state index contributed by atoms with van der Waals surface area (Å²) in [6, 6.07) is 11.8. The van der Waals surface area contributed by atoms with Crippen LogP contribution in [0.5, 0.6) is 0 Å². The lowest BCUT2D eigenvalue weighted by atomic mass is 9.97. The molecule has 2 N–H and O–H groups in total. The Kier molecular flexibility index (Phi) is 6.36. The van der Waals surface area contributed by atoms with Crippen LogP contribution in [-0.2, 0) is 20.9 Å². The summed E-state index contributed by atoms with van der Waals surface area (Å²) in [6.07, 6.45) is 1.40. The number of esters is 1. The fraction of sp³-hybridized carbons (Fsp3) is 0.409. The van der Waals surface area contributed by atoms with Crippen LogP contribution >= 0.6 is 0 Å². The van der Waals surface area contributed by atoms with Crippen molar-refractivity contribution in [1.82, 2.24) is 9.47 Å². The van der Waals surface area contributed by atoms with Crippen LogP contribution in [0.4, 0.5) is 0 Å². The Balaban J connectivity index is 1.61. The van der Waals surface area contributed by atoms with E-state index in [-0.39, 0.29) is 25.0 Å². The van der Waals surface area contributed by atoms with Crippen molar-refractivity contribution in [2.24, 2.45) is 11.7 Å². The molecule has 0 bridgehead atoms. The zero-order chi connectivity index (χ0) is 21.0. The van der Waals surface area contributed by atoms with Gasteiger partial charge >= 0.3 is 5.97 Å². The third-order valence-electron chi connectivity index (χ3n) is 5.48. The summed E-state index contributed by atoms with van der Waals surface area (Å²) in [5.74, 6) is -1.55. The third kappa shape index (κ3) is 4.85. The lowest BCUT2D eigenvalue weighted by Gasteiger charge is -2.31. The molecule has 29 heavy (non-hydrogen) atoms. The molecule has 154 valence electrons. The summed E-state index contributed by atoms with van der Waals surface area (Å²) in [5, 5.41) is 0. The van der Waals surface area contributed by atoms with Crippen molar-refractivity contribution in [3.8, 4) is 0 Å². The zero-order valence-electron chi connectivity index (χ0n) is 16.9. The molecule has 1 aliphatic rings. The summed E-state index contributed by atoms with van der Waals surface area (Å²) in [5.41, 5.74) is 8.70. The highest BCUT2D eigenvalue weighted by Gasteiger charge is 2.28. The number of ether oxygens (including phenoxy) is 1. The summed E-state index contributed by atoms with van der Waals surface area (Å²) < 4.78 is 7.33. The summed E-state index contributed by atoms with van der Waals surface area (Å²) in [6.45, 7) is 4.97. The van der Waals surface area contributed by atoms with Gasteiger partial charge in [-0.15, -0.1) is 0 Å². The second kappa shape index (κ2) is 8.94. The maximum Gasteiger partial charge on any atom is 0.340 e. The van der Waals surface area contributed by atoms with Gasteiger partial charge in [0.1, 0.15) is 0 Å². The number of primary amides is 1. The van der Waals surface area contributed by atoms with Gasteiger partial charge in [-0.2, -0.15) is 0 Å². The van der Waals surface area contributed by atoms with E-state index < -0.39 is 11.9 Å². The molecule has 7 heteroatoms. The monoisotopic (exact) mass is 397 g/mol. The van der Waals surface area contributed by atoms with E-state index in [1.165, 1.54) is 0 Å². The van der Waals surface area contributed by atoms with E-state index in [1.807, 2.05) is 44.2 Å². The largest absolute Gasteiger partial charge is 0.452 e. The van der Waals surface area contributed by atoms with Gasteiger partial charge in [-0.05, 0) is 38.3 Å². The van der Waals surface area contributed by atoms with Gasteiger partial charge in [-0.25, -0.2) is 4.79 Å². The van der Waals surface area contributed by atoms with Gasteiger partial charge in [-0.1, -0.05) is 30.3 Å². The molecule has 1 atom stereocenters. The van der Waals surface area contributed by atoms with Gasteiger partial charge in [0.25, 0.3) is 5.91 Å². The van der Waals surface area contributed by atoms with E-state index in [9.17, 15) is 14.4 Å². The van der Waals surface area contributed by atoms with Crippen LogP contribution in [0.2, 0.25) is 0 Å². The Morgan fingerprint density at radius 2 is 1.90 bits per heavy atom. The topological polar surface area (TPSA) is 94.6 Å². The Labute approximate surface area is 170 Å². The molecular formula is C22H27N3O4. The summed E-state index contributed by atoms with van der Waals surface area (Å²) >= 11 is 0. The van der Waals surface area contributed by atoms with Gasteiger partial charge in [0.05, 0.1) is 11.5 Å². The van der Waals surface area contributed by atoms with Gasteiger partial charge in [0.15, 0.2) is 6.61 Å². The molecule has 0 spiro atoms. The number of nitrogens with two attached hydrogens (primary N) is 1. The van der Waals surface area contributed by atoms with E-state index in [1.54, 1.807) is 11.0 Å². The average molecular weight is 397 g/mol. The Morgan fingerprint density at radius 3 is 2.59 bits per heavy atom. The van der Waals surface area contributed by atoms with Crippen molar-refractivity contribution in [2.75, 3.05) is 19.7 Å². The minimum absolute atomic E-state index is 0.289. The van der Waals surface area contributed by atoms with Gasteiger partial charge in [0, 0.05) is 31.0 Å². The number of nitrogens with zero attached hydrogens (tertiary/aromatic N) is 2. The predicted molar refractivity (Wildman–Crippen MR) is 108 cm³/mol. The van der Waals surface area contributed by atoms with Crippen LogP contribution < -0.4 is 5.73 Å². The number of likely N-dealkylation sites (tertiary alicyclic amines) is 1. The van der Waals surface area contributed by atoms with Crippen LogP contribution in [0.1, 0.15) is 40.2 Å². The van der Waals surface area contributed by atoms with E-state index in [0.717, 1.165) is 17.0 Å². The SMILES string of the molecule is Cc1cc(C(=O)OCC(=O)N2CCC[C@@H](C(N)=O)C2)c(C)n1Cc1ccccc1. The molecule has 7 nitrogen and oxygen atoms in total. The quantitative estimate of drug-likeness (QED) is 0.755. The fourth-order valence-corrected chi connectivity index (χ4v) is 3.75. The molecule has 1 fully saturated rings. The van der Waals surface area contributed by atoms with Crippen molar-refractivity contribution in [2.45, 2.75) is 33.2 Å². The maximum atomic E-state index is 12.6. The Hall–Kier alpha value is -3.09. The van der Waals surface area contributed by atoms with E-state index in [0.29, 0.717) is 31.5 Å². The number of carbonyl (C=O) groups is 3. The van der Waals surface area contributed by atoms with E-state index in [4.69, 9.17) is 10.5 Å². The number of hydrogen-bond donors (Lipinski definition) is 1. The van der Waals surface area contributed by atoms with Gasteiger partial charge < -0.3 is 19.9 Å².